The highest BCUT2D eigenvalue weighted by molar-refractivity contribution is 6.30. The van der Waals surface area contributed by atoms with Gasteiger partial charge in [-0.25, -0.2) is 9.48 Å². The number of carbonyl (C=O) groups excluding carboxylic acids is 1. The van der Waals surface area contributed by atoms with Crippen molar-refractivity contribution in [1.82, 2.24) is 9.78 Å². The molecular weight excluding hydrogens is 428 g/mol. The van der Waals surface area contributed by atoms with Crippen LogP contribution >= 0.6 is 11.6 Å². The molecule has 0 aliphatic heterocycles. The van der Waals surface area contributed by atoms with Crippen molar-refractivity contribution in [2.45, 2.75) is 39.2 Å². The van der Waals surface area contributed by atoms with Crippen molar-refractivity contribution in [2.75, 3.05) is 20.3 Å². The van der Waals surface area contributed by atoms with Crippen molar-refractivity contribution < 1.29 is 19.0 Å². The predicted molar refractivity (Wildman–Crippen MR) is 125 cm³/mol. The van der Waals surface area contributed by atoms with Crippen molar-refractivity contribution in [1.29, 1.82) is 0 Å². The fourth-order valence-electron chi connectivity index (χ4n) is 3.52. The molecule has 1 aromatic heterocycles. The van der Waals surface area contributed by atoms with Gasteiger partial charge in [-0.1, -0.05) is 43.6 Å². The molecule has 0 spiro atoms. The molecule has 0 saturated carbocycles. The van der Waals surface area contributed by atoms with Gasteiger partial charge in [0.25, 0.3) is 0 Å². The van der Waals surface area contributed by atoms with E-state index in [1.54, 1.807) is 31.0 Å². The van der Waals surface area contributed by atoms with Crippen LogP contribution in [-0.4, -0.2) is 36.1 Å². The second kappa shape index (κ2) is 10.7. The lowest BCUT2D eigenvalue weighted by molar-refractivity contribution is 0.0521. The minimum absolute atomic E-state index is 0.298. The summed E-state index contributed by atoms with van der Waals surface area (Å²) in [5.41, 5.74) is 2.66. The summed E-state index contributed by atoms with van der Waals surface area (Å²) in [6.07, 6.45) is 2.25. The minimum atomic E-state index is -0.416. The van der Waals surface area contributed by atoms with E-state index in [0.717, 1.165) is 22.7 Å². The van der Waals surface area contributed by atoms with E-state index in [-0.39, 0.29) is 5.97 Å². The Morgan fingerprint density at radius 1 is 1.16 bits per heavy atom. The first kappa shape index (κ1) is 23.8. The molecule has 0 radical (unpaired) electrons. The number of benzene rings is 2. The van der Waals surface area contributed by atoms with Gasteiger partial charge in [0.05, 0.1) is 37.9 Å². The highest BCUT2D eigenvalue weighted by atomic mass is 35.5. The fourth-order valence-corrected chi connectivity index (χ4v) is 3.70. The number of rotatable bonds is 10. The summed E-state index contributed by atoms with van der Waals surface area (Å²) >= 11 is 6.20. The summed E-state index contributed by atoms with van der Waals surface area (Å²) in [4.78, 5) is 12.6. The zero-order valence-electron chi connectivity index (χ0n) is 18.9. The van der Waals surface area contributed by atoms with E-state index in [4.69, 9.17) is 25.8 Å². The first-order valence-electron chi connectivity index (χ1n) is 10.6. The first-order valence-corrected chi connectivity index (χ1v) is 11.0. The second-order valence-electron chi connectivity index (χ2n) is 8.05. The number of carbonyl (C=O) groups is 1. The monoisotopic (exact) mass is 456 g/mol. The third-order valence-corrected chi connectivity index (χ3v) is 5.49. The van der Waals surface area contributed by atoms with Gasteiger partial charge in [-0.15, -0.1) is 0 Å². The van der Waals surface area contributed by atoms with Crippen LogP contribution in [0.2, 0.25) is 5.02 Å². The maximum absolute atomic E-state index is 12.6. The molecule has 0 N–H and O–H groups in total. The number of halogens is 1. The number of nitrogens with zero attached hydrogens (tertiary/aromatic N) is 2. The average molecular weight is 457 g/mol. The Hall–Kier alpha value is -2.83. The average Bonchev–Trinajstić information content (AvgIpc) is 3.24. The molecule has 0 saturated heterocycles. The van der Waals surface area contributed by atoms with Crippen LogP contribution in [0.5, 0.6) is 5.75 Å². The predicted octanol–water partition coefficient (Wildman–Crippen LogP) is 5.60. The maximum atomic E-state index is 12.6. The number of hydrogen-bond acceptors (Lipinski definition) is 5. The maximum Gasteiger partial charge on any atom is 0.341 e. The molecular formula is C25H29ClN2O4. The molecule has 32 heavy (non-hydrogen) atoms. The van der Waals surface area contributed by atoms with E-state index in [1.165, 1.54) is 0 Å². The molecule has 0 aliphatic rings. The Morgan fingerprint density at radius 3 is 2.56 bits per heavy atom. The van der Waals surface area contributed by atoms with Crippen LogP contribution in [-0.2, 0) is 21.5 Å². The number of ether oxygens (including phenoxy) is 3. The van der Waals surface area contributed by atoms with Gasteiger partial charge in [0, 0.05) is 17.0 Å². The standard InChI is InChI=1S/C25H29ClN2O4/c1-5-32-24(29)22-16-27-28(20-8-6-7-19(26)15-20)23(22)25(2,3)13-14-31-17-18-9-11-21(30-4)12-10-18/h6-12,15-16H,5,13-14,17H2,1-4H3. The lowest BCUT2D eigenvalue weighted by Crippen LogP contribution is -2.26. The highest BCUT2D eigenvalue weighted by Crippen LogP contribution is 2.33. The van der Waals surface area contributed by atoms with Crippen LogP contribution in [0.25, 0.3) is 5.69 Å². The van der Waals surface area contributed by atoms with Gasteiger partial charge in [-0.05, 0) is 49.2 Å². The smallest absolute Gasteiger partial charge is 0.341 e. The lowest BCUT2D eigenvalue weighted by Gasteiger charge is -2.27. The van der Waals surface area contributed by atoms with E-state index in [9.17, 15) is 4.79 Å². The van der Waals surface area contributed by atoms with E-state index >= 15 is 0 Å². The van der Waals surface area contributed by atoms with Gasteiger partial charge in [0.2, 0.25) is 0 Å². The number of aromatic nitrogens is 2. The summed E-state index contributed by atoms with van der Waals surface area (Å²) in [6.45, 7) is 7.25. The van der Waals surface area contributed by atoms with Crippen molar-refractivity contribution >= 4 is 17.6 Å². The Morgan fingerprint density at radius 2 is 1.91 bits per heavy atom. The van der Waals surface area contributed by atoms with Crippen LogP contribution in [0.4, 0.5) is 0 Å². The number of methoxy groups -OCH3 is 1. The number of esters is 1. The SMILES string of the molecule is CCOC(=O)c1cnn(-c2cccc(Cl)c2)c1C(C)(C)CCOCc1ccc(OC)cc1. The highest BCUT2D eigenvalue weighted by Gasteiger charge is 2.32. The molecule has 0 bridgehead atoms. The molecule has 170 valence electrons. The van der Waals surface area contributed by atoms with Crippen molar-refractivity contribution in [3.8, 4) is 11.4 Å². The Kier molecular flexibility index (Phi) is 7.94. The molecule has 3 rings (SSSR count). The third kappa shape index (κ3) is 5.69. The summed E-state index contributed by atoms with van der Waals surface area (Å²) < 4.78 is 18.2. The van der Waals surface area contributed by atoms with Crippen LogP contribution in [0.1, 0.15) is 48.8 Å². The quantitative estimate of drug-likeness (QED) is 0.293. The van der Waals surface area contributed by atoms with Crippen LogP contribution < -0.4 is 4.74 Å². The molecule has 6 nitrogen and oxygen atoms in total. The van der Waals surface area contributed by atoms with Crippen molar-refractivity contribution in [2.24, 2.45) is 0 Å². The molecule has 0 aliphatic carbocycles. The zero-order chi connectivity index (χ0) is 23.1. The fraction of sp³-hybridized carbons (Fsp3) is 0.360. The topological polar surface area (TPSA) is 62.6 Å². The van der Waals surface area contributed by atoms with Gasteiger partial charge in [0.1, 0.15) is 11.3 Å². The zero-order valence-corrected chi connectivity index (χ0v) is 19.7. The normalized spacial score (nSPS) is 11.4. The first-order chi connectivity index (χ1) is 15.4. The van der Waals surface area contributed by atoms with Crippen molar-refractivity contribution in [3.63, 3.8) is 0 Å². The number of hydrogen-bond donors (Lipinski definition) is 0. The largest absolute Gasteiger partial charge is 0.497 e. The second-order valence-corrected chi connectivity index (χ2v) is 8.49. The van der Waals surface area contributed by atoms with Crippen LogP contribution in [0, 0.1) is 0 Å². The Bertz CT molecular complexity index is 1040. The van der Waals surface area contributed by atoms with E-state index in [2.05, 4.69) is 18.9 Å². The summed E-state index contributed by atoms with van der Waals surface area (Å²) in [7, 11) is 1.65. The van der Waals surface area contributed by atoms with Gasteiger partial charge in [-0.3, -0.25) is 0 Å². The third-order valence-electron chi connectivity index (χ3n) is 5.26. The summed E-state index contributed by atoms with van der Waals surface area (Å²) in [5.74, 6) is 0.429. The molecule has 0 unspecified atom stereocenters. The molecule has 2 aromatic carbocycles. The van der Waals surface area contributed by atoms with Gasteiger partial charge < -0.3 is 14.2 Å². The Balaban J connectivity index is 1.79. The molecule has 1 heterocycles. The van der Waals surface area contributed by atoms with E-state index in [1.807, 2.05) is 42.5 Å². The lowest BCUT2D eigenvalue weighted by atomic mass is 9.83. The molecule has 0 fully saturated rings. The van der Waals surface area contributed by atoms with Gasteiger partial charge in [-0.2, -0.15) is 5.10 Å². The molecule has 0 amide bonds. The van der Waals surface area contributed by atoms with E-state index < -0.39 is 5.41 Å². The Labute approximate surface area is 194 Å². The molecule has 0 atom stereocenters. The summed E-state index contributed by atoms with van der Waals surface area (Å²) in [5, 5.41) is 5.09. The van der Waals surface area contributed by atoms with Crippen LogP contribution in [0.15, 0.2) is 54.7 Å². The van der Waals surface area contributed by atoms with Crippen LogP contribution in [0.3, 0.4) is 0 Å². The van der Waals surface area contributed by atoms with E-state index in [0.29, 0.717) is 36.8 Å². The van der Waals surface area contributed by atoms with Crippen molar-refractivity contribution in [3.05, 3.63) is 76.6 Å². The van der Waals surface area contributed by atoms with Gasteiger partial charge >= 0.3 is 5.97 Å². The molecule has 3 aromatic rings. The summed E-state index contributed by atoms with van der Waals surface area (Å²) in [6, 6.07) is 15.2. The molecule has 7 heteroatoms. The minimum Gasteiger partial charge on any atom is -0.497 e. The van der Waals surface area contributed by atoms with Gasteiger partial charge in [0.15, 0.2) is 0 Å².